The quantitative estimate of drug-likeness (QED) is 0.840. The number of hydrogen-bond donors (Lipinski definition) is 1. The summed E-state index contributed by atoms with van der Waals surface area (Å²) >= 11 is 0. The number of nitrogens with zero attached hydrogens (tertiary/aromatic N) is 1. The average Bonchev–Trinajstić information content (AvgIpc) is 2.37. The van der Waals surface area contributed by atoms with Gasteiger partial charge < -0.3 is 0 Å². The minimum Gasteiger partial charge on any atom is -0.211 e. The second kappa shape index (κ2) is 7.36. The summed E-state index contributed by atoms with van der Waals surface area (Å²) < 4.78 is 39.3. The largest absolute Gasteiger partial charge is 0.228 e. The predicted molar refractivity (Wildman–Crippen MR) is 75.9 cm³/mol. The second-order valence-electron chi connectivity index (χ2n) is 4.76. The summed E-state index contributed by atoms with van der Waals surface area (Å²) in [6, 6.07) is 7.71. The van der Waals surface area contributed by atoms with Crippen LogP contribution in [-0.2, 0) is 16.4 Å². The molecule has 0 saturated carbocycles. The van der Waals surface area contributed by atoms with Crippen LogP contribution in [-0.4, -0.2) is 19.7 Å². The Balaban J connectivity index is 2.56. The van der Waals surface area contributed by atoms with Crippen molar-refractivity contribution in [1.82, 2.24) is 4.72 Å². The number of sulfonamides is 1. The van der Waals surface area contributed by atoms with Gasteiger partial charge >= 0.3 is 0 Å². The molecule has 6 heteroatoms. The predicted octanol–water partition coefficient (Wildman–Crippen LogP) is 2.37. The first-order valence-electron chi connectivity index (χ1n) is 6.54. The minimum absolute atomic E-state index is 0.252. The molecular formula is C14H19FN2O2S. The third-order valence-electron chi connectivity index (χ3n) is 3.01. The van der Waals surface area contributed by atoms with Crippen LogP contribution in [0, 0.1) is 17.1 Å². The molecule has 0 heterocycles. The van der Waals surface area contributed by atoms with Crippen molar-refractivity contribution in [2.24, 2.45) is 0 Å². The van der Waals surface area contributed by atoms with Crippen LogP contribution in [0.5, 0.6) is 0 Å². The van der Waals surface area contributed by atoms with E-state index in [1.807, 2.05) is 0 Å². The van der Waals surface area contributed by atoms with Gasteiger partial charge in [-0.05, 0) is 43.9 Å². The molecule has 0 bridgehead atoms. The van der Waals surface area contributed by atoms with Gasteiger partial charge in [0.1, 0.15) is 5.82 Å². The lowest BCUT2D eigenvalue weighted by Gasteiger charge is -2.16. The van der Waals surface area contributed by atoms with E-state index in [1.54, 1.807) is 32.0 Å². The molecule has 110 valence electrons. The average molecular weight is 298 g/mol. The van der Waals surface area contributed by atoms with Crippen molar-refractivity contribution in [2.75, 3.05) is 0 Å². The van der Waals surface area contributed by atoms with Crippen molar-refractivity contribution in [3.8, 4) is 6.07 Å². The summed E-state index contributed by atoms with van der Waals surface area (Å²) in [5, 5.41) is 7.77. The highest BCUT2D eigenvalue weighted by atomic mass is 32.2. The summed E-state index contributed by atoms with van der Waals surface area (Å²) in [6.45, 7) is 3.39. The van der Waals surface area contributed by atoms with Crippen molar-refractivity contribution < 1.29 is 12.8 Å². The van der Waals surface area contributed by atoms with Crippen LogP contribution in [0.25, 0.3) is 0 Å². The molecule has 1 aromatic carbocycles. The normalized spacial score (nSPS) is 14.5. The van der Waals surface area contributed by atoms with Crippen LogP contribution in [0.15, 0.2) is 24.3 Å². The Morgan fingerprint density at radius 3 is 2.70 bits per heavy atom. The van der Waals surface area contributed by atoms with Crippen molar-refractivity contribution in [3.63, 3.8) is 0 Å². The van der Waals surface area contributed by atoms with Gasteiger partial charge in [-0.25, -0.2) is 17.5 Å². The first kappa shape index (κ1) is 16.6. The highest BCUT2D eigenvalue weighted by Crippen LogP contribution is 2.10. The van der Waals surface area contributed by atoms with Crippen LogP contribution in [0.2, 0.25) is 0 Å². The van der Waals surface area contributed by atoms with Crippen molar-refractivity contribution in [1.29, 1.82) is 5.26 Å². The SMILES string of the molecule is CC[C@@H](C#N)S(=O)(=O)N[C@@H](C)CCc1cccc(F)c1. The van der Waals surface area contributed by atoms with Gasteiger partial charge in [0.15, 0.2) is 5.25 Å². The Hall–Kier alpha value is -1.45. The fourth-order valence-electron chi connectivity index (χ4n) is 1.88. The molecule has 0 amide bonds. The van der Waals surface area contributed by atoms with E-state index in [0.29, 0.717) is 12.8 Å². The van der Waals surface area contributed by atoms with E-state index in [9.17, 15) is 12.8 Å². The maximum atomic E-state index is 13.0. The van der Waals surface area contributed by atoms with Crippen LogP contribution >= 0.6 is 0 Å². The van der Waals surface area contributed by atoms with Gasteiger partial charge in [0.2, 0.25) is 10.0 Å². The first-order valence-corrected chi connectivity index (χ1v) is 8.09. The molecule has 0 spiro atoms. The fraction of sp³-hybridized carbons (Fsp3) is 0.500. The number of halogens is 1. The third-order valence-corrected chi connectivity index (χ3v) is 4.93. The minimum atomic E-state index is -3.62. The smallest absolute Gasteiger partial charge is 0.211 e. The molecule has 1 rings (SSSR count). The number of nitrogens with one attached hydrogen (secondary N) is 1. The van der Waals surface area contributed by atoms with Crippen molar-refractivity contribution in [3.05, 3.63) is 35.6 Å². The van der Waals surface area contributed by atoms with E-state index < -0.39 is 15.3 Å². The van der Waals surface area contributed by atoms with Gasteiger partial charge in [0.25, 0.3) is 0 Å². The highest BCUT2D eigenvalue weighted by Gasteiger charge is 2.24. The van der Waals surface area contributed by atoms with Gasteiger partial charge in [-0.1, -0.05) is 19.1 Å². The lowest BCUT2D eigenvalue weighted by molar-refractivity contribution is 0.539. The van der Waals surface area contributed by atoms with Gasteiger partial charge in [0, 0.05) is 6.04 Å². The number of benzene rings is 1. The summed E-state index contributed by atoms with van der Waals surface area (Å²) in [6.07, 6.45) is 1.37. The lowest BCUT2D eigenvalue weighted by atomic mass is 10.1. The molecule has 0 fully saturated rings. The van der Waals surface area contributed by atoms with E-state index in [0.717, 1.165) is 5.56 Å². The lowest BCUT2D eigenvalue weighted by Crippen LogP contribution is -2.39. The molecule has 0 radical (unpaired) electrons. The van der Waals surface area contributed by atoms with E-state index in [4.69, 9.17) is 5.26 Å². The fourth-order valence-corrected chi connectivity index (χ4v) is 3.30. The third kappa shape index (κ3) is 4.91. The maximum Gasteiger partial charge on any atom is 0.228 e. The zero-order chi connectivity index (χ0) is 15.2. The molecule has 0 saturated heterocycles. The topological polar surface area (TPSA) is 70.0 Å². The zero-order valence-electron chi connectivity index (χ0n) is 11.6. The monoisotopic (exact) mass is 298 g/mol. The number of aryl methyl sites for hydroxylation is 1. The summed E-state index contributed by atoms with van der Waals surface area (Å²) in [5.74, 6) is -0.300. The molecule has 0 aliphatic rings. The van der Waals surface area contributed by atoms with Crippen LogP contribution in [0.4, 0.5) is 4.39 Å². The number of hydrogen-bond acceptors (Lipinski definition) is 3. The summed E-state index contributed by atoms with van der Waals surface area (Å²) in [4.78, 5) is 0. The first-order chi connectivity index (χ1) is 9.39. The molecule has 20 heavy (non-hydrogen) atoms. The van der Waals surface area contributed by atoms with Crippen LogP contribution in [0.1, 0.15) is 32.3 Å². The summed E-state index contributed by atoms with van der Waals surface area (Å²) in [7, 11) is -3.62. The number of nitriles is 1. The molecule has 1 N–H and O–H groups in total. The molecule has 0 aromatic heterocycles. The molecular weight excluding hydrogens is 279 g/mol. The molecule has 0 unspecified atom stereocenters. The Kier molecular flexibility index (Phi) is 6.11. The Bertz CT molecular complexity index is 581. The second-order valence-corrected chi connectivity index (χ2v) is 6.65. The van der Waals surface area contributed by atoms with Gasteiger partial charge in [-0.3, -0.25) is 0 Å². The Morgan fingerprint density at radius 2 is 2.15 bits per heavy atom. The Labute approximate surface area is 119 Å². The Morgan fingerprint density at radius 1 is 1.45 bits per heavy atom. The standard InChI is InChI=1S/C14H19FN2O2S/c1-3-14(10-16)20(18,19)17-11(2)7-8-12-5-4-6-13(15)9-12/h4-6,9,11,14,17H,3,7-8H2,1-2H3/t11-,14-/m0/s1. The van der Waals surface area contributed by atoms with Crippen LogP contribution < -0.4 is 4.72 Å². The van der Waals surface area contributed by atoms with E-state index >= 15 is 0 Å². The molecule has 4 nitrogen and oxygen atoms in total. The maximum absolute atomic E-state index is 13.0. The summed E-state index contributed by atoms with van der Waals surface area (Å²) in [5.41, 5.74) is 0.823. The highest BCUT2D eigenvalue weighted by molar-refractivity contribution is 7.90. The molecule has 1 aromatic rings. The van der Waals surface area contributed by atoms with Gasteiger partial charge in [0.05, 0.1) is 6.07 Å². The van der Waals surface area contributed by atoms with Crippen molar-refractivity contribution in [2.45, 2.75) is 44.4 Å². The van der Waals surface area contributed by atoms with E-state index in [2.05, 4.69) is 4.72 Å². The molecule has 0 aliphatic heterocycles. The molecule has 2 atom stereocenters. The van der Waals surface area contributed by atoms with Crippen molar-refractivity contribution >= 4 is 10.0 Å². The number of rotatable bonds is 7. The van der Waals surface area contributed by atoms with Crippen LogP contribution in [0.3, 0.4) is 0 Å². The zero-order valence-corrected chi connectivity index (χ0v) is 12.5. The van der Waals surface area contributed by atoms with E-state index in [-0.39, 0.29) is 18.3 Å². The van der Waals surface area contributed by atoms with Gasteiger partial charge in [-0.2, -0.15) is 5.26 Å². The van der Waals surface area contributed by atoms with E-state index in [1.165, 1.54) is 12.1 Å². The van der Waals surface area contributed by atoms with Gasteiger partial charge in [-0.15, -0.1) is 0 Å². The molecule has 0 aliphatic carbocycles.